The summed E-state index contributed by atoms with van der Waals surface area (Å²) in [5.41, 5.74) is 11.3. The average molecular weight is 665 g/mol. The fraction of sp³-hybridized carbons (Fsp3) is 0.462. The van der Waals surface area contributed by atoms with Crippen molar-refractivity contribution in [2.75, 3.05) is 39.4 Å². The van der Waals surface area contributed by atoms with Gasteiger partial charge in [-0.15, -0.1) is 0 Å². The van der Waals surface area contributed by atoms with Crippen molar-refractivity contribution in [1.29, 1.82) is 0 Å². The smallest absolute Gasteiger partial charge is 0.478 e. The number of nitrogens with zero attached hydrogens (tertiary/aromatic N) is 5. The number of hydrogen-bond acceptors (Lipinski definition) is 12. The summed E-state index contributed by atoms with van der Waals surface area (Å²) in [5, 5.41) is 9.30. The molecule has 1 unspecified atom stereocenters. The number of alkyl halides is 6. The van der Waals surface area contributed by atoms with Gasteiger partial charge in [0.05, 0.1) is 13.2 Å². The molecule has 2 aromatic heterocycles. The Morgan fingerprint density at radius 2 is 1.35 bits per heavy atom. The zero-order valence-corrected chi connectivity index (χ0v) is 24.0. The van der Waals surface area contributed by atoms with E-state index in [1.165, 1.54) is 36.7 Å². The lowest BCUT2D eigenvalue weighted by atomic mass is 10.1. The zero-order chi connectivity index (χ0) is 33.7. The summed E-state index contributed by atoms with van der Waals surface area (Å²) >= 11 is 0. The number of piperazine rings is 1. The van der Waals surface area contributed by atoms with E-state index in [1.54, 1.807) is 0 Å². The van der Waals surface area contributed by atoms with E-state index in [0.717, 1.165) is 32.6 Å². The normalized spacial score (nSPS) is 16.5. The predicted octanol–water partition coefficient (Wildman–Crippen LogP) is 1.83. The van der Waals surface area contributed by atoms with Crippen LogP contribution in [-0.4, -0.2) is 96.3 Å². The van der Waals surface area contributed by atoms with Crippen molar-refractivity contribution in [3.05, 3.63) is 47.8 Å². The second kappa shape index (κ2) is 16.5. The highest BCUT2D eigenvalue weighted by atomic mass is 19.4. The number of nitrogens with two attached hydrogens (primary N) is 2. The molecular formula is C26H30F6N8O6. The lowest BCUT2D eigenvalue weighted by molar-refractivity contribution is -0.199. The van der Waals surface area contributed by atoms with Gasteiger partial charge in [-0.3, -0.25) is 4.90 Å². The first-order valence-corrected chi connectivity index (χ1v) is 13.6. The molecule has 0 saturated carbocycles. The Bertz CT molecular complexity index is 1250. The molecule has 3 rings (SSSR count). The number of carbonyl (C=O) groups is 2. The third-order valence-electron chi connectivity index (χ3n) is 6.22. The minimum absolute atomic E-state index is 0.133. The molecule has 0 spiro atoms. The number of aromatic nitrogens is 2. The summed E-state index contributed by atoms with van der Waals surface area (Å²) in [4.78, 5) is 39.4. The molecule has 3 heterocycles. The molecule has 1 atom stereocenters. The number of oxime groups is 2. The molecule has 20 heteroatoms. The zero-order valence-electron chi connectivity index (χ0n) is 24.0. The Morgan fingerprint density at radius 3 is 1.80 bits per heavy atom. The van der Waals surface area contributed by atoms with Crippen LogP contribution in [-0.2, 0) is 19.3 Å². The standard InChI is InChI=1S/C26H30F6N8O6/c27-25(28,29)23(41)45-38-21(33)16-4-6-19(36-13-16)43-11-1-3-18-15-35-8-10-40(18)9-2-12-44-20-7-5-17(14-37-20)22(34)39-46-24(42)26(30,31)32/h4-7,13-14,18,35H,1-3,8-12,15H2,(H2,33,38)(H2,34,39). The van der Waals surface area contributed by atoms with E-state index in [1.807, 2.05) is 0 Å². The number of hydrogen-bond donors (Lipinski definition) is 3. The number of rotatable bonds is 14. The molecule has 1 aliphatic heterocycles. The maximum atomic E-state index is 12.2. The van der Waals surface area contributed by atoms with Crippen LogP contribution in [0.25, 0.3) is 0 Å². The molecule has 14 nitrogen and oxygen atoms in total. The second-order valence-corrected chi connectivity index (χ2v) is 9.56. The molecule has 0 aromatic carbocycles. The number of ether oxygens (including phenoxy) is 2. The quantitative estimate of drug-likeness (QED) is 0.0665. The highest BCUT2D eigenvalue weighted by Crippen LogP contribution is 2.18. The van der Waals surface area contributed by atoms with Gasteiger partial charge in [0, 0.05) is 67.9 Å². The van der Waals surface area contributed by atoms with Gasteiger partial charge in [-0.05, 0) is 31.4 Å². The molecule has 1 fully saturated rings. The van der Waals surface area contributed by atoms with Crippen LogP contribution in [0, 0.1) is 0 Å². The van der Waals surface area contributed by atoms with Crippen LogP contribution >= 0.6 is 0 Å². The topological polar surface area (TPSA) is 189 Å². The molecule has 46 heavy (non-hydrogen) atoms. The first kappa shape index (κ1) is 35.8. The number of amidine groups is 2. The van der Waals surface area contributed by atoms with Crippen molar-refractivity contribution in [3.8, 4) is 11.8 Å². The van der Waals surface area contributed by atoms with Gasteiger partial charge in [0.2, 0.25) is 11.8 Å². The third-order valence-corrected chi connectivity index (χ3v) is 6.22. The van der Waals surface area contributed by atoms with Crippen LogP contribution in [0.2, 0.25) is 0 Å². The van der Waals surface area contributed by atoms with Crippen LogP contribution in [0.5, 0.6) is 11.8 Å². The van der Waals surface area contributed by atoms with Crippen molar-refractivity contribution >= 4 is 23.6 Å². The number of pyridine rings is 2. The number of carbonyl (C=O) groups excluding carboxylic acids is 2. The van der Waals surface area contributed by atoms with E-state index >= 15 is 0 Å². The Morgan fingerprint density at radius 1 is 0.848 bits per heavy atom. The molecule has 1 saturated heterocycles. The van der Waals surface area contributed by atoms with E-state index in [2.05, 4.69) is 40.2 Å². The van der Waals surface area contributed by atoms with Gasteiger partial charge in [-0.2, -0.15) is 26.3 Å². The Kier molecular flexibility index (Phi) is 12.9. The fourth-order valence-corrected chi connectivity index (χ4v) is 3.95. The maximum absolute atomic E-state index is 12.2. The third kappa shape index (κ3) is 11.7. The summed E-state index contributed by atoms with van der Waals surface area (Å²) in [7, 11) is 0. The minimum atomic E-state index is -5.20. The summed E-state index contributed by atoms with van der Waals surface area (Å²) < 4.78 is 84.4. The van der Waals surface area contributed by atoms with E-state index < -0.39 is 36.0 Å². The predicted molar refractivity (Wildman–Crippen MR) is 147 cm³/mol. The second-order valence-electron chi connectivity index (χ2n) is 9.56. The molecule has 0 amide bonds. The molecule has 2 aromatic rings. The van der Waals surface area contributed by atoms with E-state index in [-0.39, 0.29) is 28.9 Å². The first-order chi connectivity index (χ1) is 21.7. The van der Waals surface area contributed by atoms with Crippen molar-refractivity contribution in [2.45, 2.75) is 37.7 Å². The molecule has 0 bridgehead atoms. The van der Waals surface area contributed by atoms with Gasteiger partial charge < -0.3 is 35.9 Å². The van der Waals surface area contributed by atoms with Crippen molar-refractivity contribution in [2.24, 2.45) is 21.8 Å². The van der Waals surface area contributed by atoms with Gasteiger partial charge in [-0.25, -0.2) is 19.6 Å². The molecule has 0 aliphatic carbocycles. The van der Waals surface area contributed by atoms with Crippen molar-refractivity contribution in [3.63, 3.8) is 0 Å². The number of halogens is 6. The van der Waals surface area contributed by atoms with Crippen molar-refractivity contribution in [1.82, 2.24) is 20.2 Å². The average Bonchev–Trinajstić information content (AvgIpc) is 3.02. The van der Waals surface area contributed by atoms with Gasteiger partial charge in [0.15, 0.2) is 11.7 Å². The fourth-order valence-electron chi connectivity index (χ4n) is 3.95. The Balaban J connectivity index is 1.36. The van der Waals surface area contributed by atoms with Gasteiger partial charge in [0.25, 0.3) is 0 Å². The van der Waals surface area contributed by atoms with Gasteiger partial charge >= 0.3 is 24.3 Å². The lowest BCUT2D eigenvalue weighted by Gasteiger charge is -2.36. The van der Waals surface area contributed by atoms with Crippen LogP contribution in [0.3, 0.4) is 0 Å². The summed E-state index contributed by atoms with van der Waals surface area (Å²) in [6.45, 7) is 3.90. The summed E-state index contributed by atoms with van der Waals surface area (Å²) in [6, 6.07) is 5.97. The van der Waals surface area contributed by atoms with E-state index in [0.29, 0.717) is 26.1 Å². The maximum Gasteiger partial charge on any atom is 0.493 e. The monoisotopic (exact) mass is 664 g/mol. The minimum Gasteiger partial charge on any atom is -0.478 e. The molecule has 5 N–H and O–H groups in total. The van der Waals surface area contributed by atoms with Crippen LogP contribution in [0.1, 0.15) is 30.4 Å². The molecular weight excluding hydrogens is 634 g/mol. The summed E-state index contributed by atoms with van der Waals surface area (Å²) in [5.74, 6) is -5.39. The lowest BCUT2D eigenvalue weighted by Crippen LogP contribution is -2.51. The SMILES string of the molecule is N/C(=N\OC(=O)C(F)(F)F)c1ccc(OCCCC2CNCCN2CCCOc2ccc(/C(N)=N/OC(=O)C(F)(F)F)cn2)nc1. The van der Waals surface area contributed by atoms with E-state index in [9.17, 15) is 35.9 Å². The van der Waals surface area contributed by atoms with Crippen LogP contribution in [0.15, 0.2) is 47.0 Å². The Hall–Kier alpha value is -4.72. The highest BCUT2D eigenvalue weighted by Gasteiger charge is 2.42. The van der Waals surface area contributed by atoms with Crippen LogP contribution in [0.4, 0.5) is 26.3 Å². The van der Waals surface area contributed by atoms with Gasteiger partial charge in [-0.1, -0.05) is 10.3 Å². The van der Waals surface area contributed by atoms with Gasteiger partial charge in [0.1, 0.15) is 0 Å². The molecule has 1 aliphatic rings. The number of nitrogens with one attached hydrogen (secondary N) is 1. The Labute approximate surface area is 257 Å². The van der Waals surface area contributed by atoms with Crippen molar-refractivity contribution < 1.29 is 55.1 Å². The van der Waals surface area contributed by atoms with E-state index in [4.69, 9.17) is 20.9 Å². The largest absolute Gasteiger partial charge is 0.493 e. The highest BCUT2D eigenvalue weighted by molar-refractivity contribution is 5.97. The first-order valence-electron chi connectivity index (χ1n) is 13.6. The molecule has 0 radical (unpaired) electrons. The molecule has 252 valence electrons. The van der Waals surface area contributed by atoms with Crippen LogP contribution < -0.4 is 26.3 Å². The summed E-state index contributed by atoms with van der Waals surface area (Å²) in [6.07, 6.45) is -5.74.